The monoisotopic (exact) mass is 446 g/mol. The molecule has 23 heavy (non-hydrogen) atoms. The molecule has 0 fully saturated rings. The first-order valence-corrected chi connectivity index (χ1v) is 6.21. The Morgan fingerprint density at radius 3 is 1.04 bits per heavy atom. The van der Waals surface area contributed by atoms with Crippen LogP contribution in [0, 0.1) is 0 Å². The maximum Gasteiger partial charge on any atom is 1.00 e. The summed E-state index contributed by atoms with van der Waals surface area (Å²) in [7, 11) is -9.71. The molecule has 0 aliphatic carbocycles. The number of rotatable bonds is 3. The van der Waals surface area contributed by atoms with Crippen molar-refractivity contribution >= 4 is 33.1 Å². The van der Waals surface area contributed by atoms with Crippen molar-refractivity contribution in [1.82, 2.24) is 0 Å². The molecule has 0 rings (SSSR count). The third kappa shape index (κ3) is 132. The summed E-state index contributed by atoms with van der Waals surface area (Å²) in [6, 6.07) is 0. The van der Waals surface area contributed by atoms with Gasteiger partial charge < -0.3 is 24.0 Å². The van der Waals surface area contributed by atoms with E-state index in [0.29, 0.717) is 0 Å². The average molecular weight is 446 g/mol. The molecule has 0 radical (unpaired) electrons. The molecular weight excluding hydrogens is 437 g/mol. The molecule has 0 aliphatic rings. The third-order valence-corrected chi connectivity index (χ3v) is 0.587. The van der Waals surface area contributed by atoms with E-state index in [9.17, 15) is 4.79 Å². The number of hydrogen-bond donors (Lipinski definition) is 2. The number of carbonyl (C=O) groups excluding carboxylic acids is 2. The van der Waals surface area contributed by atoms with Gasteiger partial charge in [0.2, 0.25) is 20.8 Å². The minimum atomic E-state index is -4.86. The number of carbonyl (C=O) groups is 2. The molecule has 0 amide bonds. The topological polar surface area (TPSA) is 240 Å². The van der Waals surface area contributed by atoms with Crippen molar-refractivity contribution in [2.24, 2.45) is 0 Å². The number of Topliss-reactive ketones (excluding diaryl/α,β-unsaturated/α-hetero) is 1. The molecule has 0 saturated heterocycles. The largest absolute Gasteiger partial charge is 1.00 e. The van der Waals surface area contributed by atoms with E-state index < -0.39 is 20.8 Å². The van der Waals surface area contributed by atoms with E-state index in [1.54, 1.807) is 0 Å². The summed E-state index contributed by atoms with van der Waals surface area (Å²) in [4.78, 5) is 20.7. The first-order valence-electron chi connectivity index (χ1n) is 3.54. The van der Waals surface area contributed by atoms with Gasteiger partial charge in [0, 0.05) is 0 Å². The van der Waals surface area contributed by atoms with Gasteiger partial charge in [0.25, 0.3) is 6.47 Å². The summed E-state index contributed by atoms with van der Waals surface area (Å²) < 4.78 is 58.5. The van der Waals surface area contributed by atoms with Crippen LogP contribution in [-0.2, 0) is 43.9 Å². The van der Waals surface area contributed by atoms with Crippen LogP contribution in [0.1, 0.15) is 13.8 Å². The van der Waals surface area contributed by atoms with Crippen LogP contribution in [0.15, 0.2) is 0 Å². The molecule has 0 aromatic carbocycles. The van der Waals surface area contributed by atoms with E-state index in [2.05, 4.69) is 13.6 Å². The number of ketones is 1. The van der Waals surface area contributed by atoms with Gasteiger partial charge in [-0.15, -0.1) is 8.67 Å². The zero-order valence-corrected chi connectivity index (χ0v) is 22.6. The summed E-state index contributed by atoms with van der Waals surface area (Å²) in [6.07, 6.45) is 0. The van der Waals surface area contributed by atoms with Crippen LogP contribution < -0.4 is 138 Å². The van der Waals surface area contributed by atoms with Gasteiger partial charge in [0.05, 0.1) is 0 Å². The zero-order chi connectivity index (χ0) is 17.4. The standard InChI is InChI=1S/C3H6O.CH2O3.2K.Na.2H2O5S/c1-3(2)4;2-1-4-3;;;;2*1-5-6(2,3)4/h1-2H3;1,3H;;;;2*1H,(H,2,3,4)/q;;3*+1;;/p-3. The smallest absolute Gasteiger partial charge is 0.724 e. The van der Waals surface area contributed by atoms with Crippen LogP contribution in [0.2, 0.25) is 0 Å². The predicted molar refractivity (Wildman–Crippen MR) is 50.3 cm³/mol. The van der Waals surface area contributed by atoms with Crippen LogP contribution in [0.3, 0.4) is 0 Å². The van der Waals surface area contributed by atoms with Crippen LogP contribution in [0.25, 0.3) is 0 Å². The summed E-state index contributed by atoms with van der Waals surface area (Å²) in [6.45, 7) is 2.88. The van der Waals surface area contributed by atoms with Crippen molar-refractivity contribution in [2.75, 3.05) is 0 Å². The fourth-order valence-corrected chi connectivity index (χ4v) is 0. The third-order valence-electron chi connectivity index (χ3n) is 0.222. The Hall–Kier alpha value is 3.03. The van der Waals surface area contributed by atoms with E-state index in [1.807, 2.05) is 0 Å². The summed E-state index contributed by atoms with van der Waals surface area (Å²) in [5.41, 5.74) is 0. The number of hydrogen-bond acceptors (Lipinski definition) is 14. The fourth-order valence-electron chi connectivity index (χ4n) is 0. The quantitative estimate of drug-likeness (QED) is 0.102. The summed E-state index contributed by atoms with van der Waals surface area (Å²) in [5.74, 6) is 0.167. The van der Waals surface area contributed by atoms with Crippen molar-refractivity contribution in [2.45, 2.75) is 13.8 Å². The Labute approximate surface area is 239 Å². The van der Waals surface area contributed by atoms with Crippen LogP contribution in [0.5, 0.6) is 0 Å². The second-order valence-corrected chi connectivity index (χ2v) is 4.00. The van der Waals surface area contributed by atoms with E-state index in [4.69, 9.17) is 46.5 Å². The van der Waals surface area contributed by atoms with E-state index in [1.165, 1.54) is 13.8 Å². The van der Waals surface area contributed by atoms with Crippen molar-refractivity contribution in [3.63, 3.8) is 0 Å². The maximum atomic E-state index is 9.44. The first kappa shape index (κ1) is 45.0. The van der Waals surface area contributed by atoms with Crippen LogP contribution in [0.4, 0.5) is 0 Å². The summed E-state index contributed by atoms with van der Waals surface area (Å²) >= 11 is 0. The average Bonchev–Trinajstić information content (AvgIpc) is 2.27. The van der Waals surface area contributed by atoms with E-state index in [0.717, 1.165) is 0 Å². The van der Waals surface area contributed by atoms with E-state index >= 15 is 0 Å². The molecule has 0 spiro atoms. The van der Waals surface area contributed by atoms with Crippen molar-refractivity contribution in [1.29, 1.82) is 0 Å². The van der Waals surface area contributed by atoms with Crippen molar-refractivity contribution < 1.29 is 197 Å². The van der Waals surface area contributed by atoms with Gasteiger partial charge in [-0.25, -0.2) is 27.4 Å². The Balaban J connectivity index is -0.0000000289. The van der Waals surface area contributed by atoms with Gasteiger partial charge in [-0.2, -0.15) is 0 Å². The van der Waals surface area contributed by atoms with Gasteiger partial charge in [-0.1, -0.05) is 0 Å². The summed E-state index contributed by atoms with van der Waals surface area (Å²) in [5, 5.41) is 22.4. The molecule has 0 atom stereocenters. The molecule has 14 nitrogen and oxygen atoms in total. The molecule has 19 heteroatoms. The molecule has 2 N–H and O–H groups in total. The van der Waals surface area contributed by atoms with Crippen LogP contribution in [-0.4, -0.2) is 48.7 Å². The molecule has 124 valence electrons. The fraction of sp³-hybridized carbons (Fsp3) is 0.500. The predicted octanol–water partition coefficient (Wildman–Crippen LogP) is -12.1. The second kappa shape index (κ2) is 29.8. The molecule has 0 unspecified atom stereocenters. The second-order valence-electron chi connectivity index (χ2n) is 2.07. The molecule has 0 aromatic heterocycles. The minimum absolute atomic E-state index is 0. The van der Waals surface area contributed by atoms with Crippen LogP contribution >= 0.6 is 0 Å². The minimum Gasteiger partial charge on any atom is -0.724 e. The normalized spacial score (nSPS) is 8.13. The molecule has 0 aromatic rings. The van der Waals surface area contributed by atoms with Gasteiger partial charge in [-0.3, -0.25) is 4.79 Å². The van der Waals surface area contributed by atoms with E-state index in [-0.39, 0.29) is 145 Å². The van der Waals surface area contributed by atoms with Gasteiger partial charge in [-0.05, 0) is 13.8 Å². The molecule has 0 bridgehead atoms. The molecular formula is C4H9K2NaO14S2. The Kier molecular flexibility index (Phi) is 58.3. The van der Waals surface area contributed by atoms with Gasteiger partial charge in [0.1, 0.15) is 5.78 Å². The SMILES string of the molecule is CC(C)=O.O=CO[O-].O=S(=O)([O-])OO.O=S(=O)([O-])OO.[K+].[K+].[Na+]. The maximum absolute atomic E-state index is 9.44. The van der Waals surface area contributed by atoms with Crippen molar-refractivity contribution in [3.8, 4) is 0 Å². The van der Waals surface area contributed by atoms with Gasteiger partial charge >= 0.3 is 132 Å². The molecule has 0 heterocycles. The molecule has 0 aliphatic heterocycles. The van der Waals surface area contributed by atoms with Gasteiger partial charge in [0.15, 0.2) is 0 Å². The zero-order valence-electron chi connectivity index (χ0n) is 12.7. The molecule has 0 saturated carbocycles. The Morgan fingerprint density at radius 1 is 0.957 bits per heavy atom. The Bertz CT molecular complexity index is 398. The Morgan fingerprint density at radius 2 is 1.04 bits per heavy atom. The van der Waals surface area contributed by atoms with Crippen molar-refractivity contribution in [3.05, 3.63) is 0 Å². The first-order chi connectivity index (χ1) is 8.77.